The van der Waals surface area contributed by atoms with Crippen molar-refractivity contribution in [2.45, 2.75) is 58.0 Å². The van der Waals surface area contributed by atoms with Gasteiger partial charge in [-0.15, -0.1) is 0 Å². The lowest BCUT2D eigenvalue weighted by Gasteiger charge is -2.35. The maximum atomic E-state index is 13.5. The van der Waals surface area contributed by atoms with Crippen molar-refractivity contribution < 1.29 is 43.3 Å². The van der Waals surface area contributed by atoms with Gasteiger partial charge in [-0.05, 0) is 57.2 Å². The van der Waals surface area contributed by atoms with E-state index in [1.54, 1.807) is 24.0 Å². The zero-order valence-electron chi connectivity index (χ0n) is 27.3. The molecule has 4 heterocycles. The molecule has 0 radical (unpaired) electrons. The Morgan fingerprint density at radius 1 is 0.938 bits per heavy atom. The molecule has 0 saturated carbocycles. The average Bonchev–Trinajstić information content (AvgIpc) is 3.79. The summed E-state index contributed by atoms with van der Waals surface area (Å²) >= 11 is 0. The summed E-state index contributed by atoms with van der Waals surface area (Å²) in [6, 6.07) is 4.79. The van der Waals surface area contributed by atoms with Gasteiger partial charge in [0, 0.05) is 57.3 Å². The Morgan fingerprint density at radius 2 is 1.65 bits per heavy atom. The number of hydrogen-bond donors (Lipinski definition) is 2. The summed E-state index contributed by atoms with van der Waals surface area (Å²) < 4.78 is 11.0. The summed E-state index contributed by atoms with van der Waals surface area (Å²) in [5.41, 5.74) is 1.13. The number of carbonyl (C=O) groups excluding carboxylic acids is 5. The van der Waals surface area contributed by atoms with Crippen molar-refractivity contribution in [2.75, 3.05) is 59.0 Å². The van der Waals surface area contributed by atoms with Crippen LogP contribution in [0.25, 0.3) is 10.9 Å². The Morgan fingerprint density at radius 3 is 2.33 bits per heavy atom. The smallest absolute Gasteiger partial charge is 0.409 e. The topological polar surface area (TPSA) is 179 Å². The van der Waals surface area contributed by atoms with E-state index in [-0.39, 0.29) is 62.7 Å². The van der Waals surface area contributed by atoms with Crippen LogP contribution in [0.3, 0.4) is 0 Å². The minimum absolute atomic E-state index is 0.0338. The zero-order valence-corrected chi connectivity index (χ0v) is 27.3. The minimum atomic E-state index is -1.40. The van der Waals surface area contributed by atoms with Gasteiger partial charge in [-0.2, -0.15) is 0 Å². The third-order valence-electron chi connectivity index (χ3n) is 8.89. The molecule has 2 N–H and O–H groups in total. The van der Waals surface area contributed by atoms with Crippen LogP contribution in [0.2, 0.25) is 0 Å². The van der Waals surface area contributed by atoms with Crippen LogP contribution in [0.1, 0.15) is 55.1 Å². The maximum Gasteiger partial charge on any atom is 0.409 e. The number of nitrogens with zero attached hydrogens (tertiary/aromatic N) is 5. The number of aromatic nitrogens is 1. The molecule has 2 aromatic rings. The van der Waals surface area contributed by atoms with E-state index in [0.29, 0.717) is 37.0 Å². The molecule has 48 heavy (non-hydrogen) atoms. The average molecular weight is 667 g/mol. The van der Waals surface area contributed by atoms with Crippen LogP contribution < -0.4 is 10.1 Å². The van der Waals surface area contributed by atoms with Crippen LogP contribution in [0.5, 0.6) is 5.75 Å². The van der Waals surface area contributed by atoms with Gasteiger partial charge >= 0.3 is 12.1 Å². The Bertz CT molecular complexity index is 1570. The third kappa shape index (κ3) is 7.94. The monoisotopic (exact) mass is 666 g/mol. The molecule has 5 amide bonds. The first-order valence-electron chi connectivity index (χ1n) is 16.4. The predicted molar refractivity (Wildman–Crippen MR) is 171 cm³/mol. The highest BCUT2D eigenvalue weighted by molar-refractivity contribution is 6.00. The molecule has 3 fully saturated rings. The highest BCUT2D eigenvalue weighted by Gasteiger charge is 2.37. The Balaban J connectivity index is 1.30. The third-order valence-corrected chi connectivity index (χ3v) is 8.89. The Labute approximate surface area is 278 Å². The lowest BCUT2D eigenvalue weighted by atomic mass is 10.1. The zero-order chi connectivity index (χ0) is 34.4. The van der Waals surface area contributed by atoms with Crippen LogP contribution in [0, 0.1) is 6.92 Å². The van der Waals surface area contributed by atoms with Crippen molar-refractivity contribution in [1.29, 1.82) is 0 Å². The van der Waals surface area contributed by atoms with E-state index >= 15 is 0 Å². The number of fused-ring (bicyclic) bond motifs is 1. The van der Waals surface area contributed by atoms with E-state index in [4.69, 9.17) is 9.47 Å². The number of likely N-dealkylation sites (tertiary alicyclic amines) is 2. The second kappa shape index (κ2) is 15.3. The van der Waals surface area contributed by atoms with Crippen LogP contribution in [0.4, 0.5) is 4.79 Å². The number of aliphatic carboxylic acids is 1. The van der Waals surface area contributed by atoms with Crippen molar-refractivity contribution >= 4 is 46.6 Å². The molecule has 0 aliphatic carbocycles. The molecular weight excluding hydrogens is 624 g/mol. The van der Waals surface area contributed by atoms with Gasteiger partial charge in [0.25, 0.3) is 11.8 Å². The van der Waals surface area contributed by atoms with Gasteiger partial charge in [-0.3, -0.25) is 24.0 Å². The fraction of sp³-hybridized carbons (Fsp3) is 0.545. The highest BCUT2D eigenvalue weighted by atomic mass is 16.6. The molecule has 15 heteroatoms. The number of carboxylic acids is 1. The van der Waals surface area contributed by atoms with Gasteiger partial charge in [-0.1, -0.05) is 6.07 Å². The van der Waals surface area contributed by atoms with Gasteiger partial charge < -0.3 is 39.5 Å². The van der Waals surface area contributed by atoms with Crippen molar-refractivity contribution in [1.82, 2.24) is 29.9 Å². The standard InChI is InChI=1S/C33H42N6O9/c1-3-47-33(46)38-15-13-37(14-16-38)31(44)25(19-29(41)42)35-30(43)24-18-27(22-9-8-21(2)17-23(22)34-24)48-20-28(40)39-12-6-7-26(39)32(45)36-10-4-5-11-36/h8-9,17-18,25-26H,3-7,10-16,19-20H2,1-2H3,(H,35,43)(H,41,42)/t25-,26-/m0/s1. The number of nitrogens with one attached hydrogen (secondary N) is 1. The number of aryl methyl sites for hydroxylation is 1. The fourth-order valence-electron chi connectivity index (χ4n) is 6.39. The largest absolute Gasteiger partial charge is 0.483 e. The molecule has 15 nitrogen and oxygen atoms in total. The number of rotatable bonds is 10. The second-order valence-corrected chi connectivity index (χ2v) is 12.2. The van der Waals surface area contributed by atoms with Gasteiger partial charge in [0.05, 0.1) is 18.5 Å². The molecule has 2 atom stereocenters. The fourth-order valence-corrected chi connectivity index (χ4v) is 6.39. The summed E-state index contributed by atoms with van der Waals surface area (Å²) in [4.78, 5) is 87.8. The van der Waals surface area contributed by atoms with Crippen LogP contribution in [0.15, 0.2) is 24.3 Å². The first kappa shape index (κ1) is 34.4. The number of carboxylic acid groups (broad SMARTS) is 1. The van der Waals surface area contributed by atoms with E-state index in [1.807, 2.05) is 17.9 Å². The molecule has 5 rings (SSSR count). The van der Waals surface area contributed by atoms with E-state index in [9.17, 15) is 33.9 Å². The summed E-state index contributed by atoms with van der Waals surface area (Å²) in [5, 5.41) is 12.6. The summed E-state index contributed by atoms with van der Waals surface area (Å²) in [7, 11) is 0. The number of piperazine rings is 1. The second-order valence-electron chi connectivity index (χ2n) is 12.2. The number of benzene rings is 1. The summed E-state index contributed by atoms with van der Waals surface area (Å²) in [5.74, 6) is -2.85. The van der Waals surface area contributed by atoms with Crippen molar-refractivity contribution in [3.05, 3.63) is 35.5 Å². The molecule has 0 bridgehead atoms. The maximum absolute atomic E-state index is 13.5. The number of pyridine rings is 1. The normalized spacial score (nSPS) is 18.5. The van der Waals surface area contributed by atoms with Gasteiger partial charge in [0.15, 0.2) is 6.61 Å². The minimum Gasteiger partial charge on any atom is -0.483 e. The summed E-state index contributed by atoms with van der Waals surface area (Å²) in [6.07, 6.45) is 2.07. The van der Waals surface area contributed by atoms with Crippen LogP contribution >= 0.6 is 0 Å². The lowest BCUT2D eigenvalue weighted by molar-refractivity contribution is -0.144. The van der Waals surface area contributed by atoms with E-state index in [2.05, 4.69) is 10.3 Å². The first-order valence-corrected chi connectivity index (χ1v) is 16.4. The van der Waals surface area contributed by atoms with E-state index < -0.39 is 42.4 Å². The molecule has 3 aliphatic rings. The van der Waals surface area contributed by atoms with Gasteiger partial charge in [-0.25, -0.2) is 9.78 Å². The molecule has 1 aromatic carbocycles. The number of hydrogen-bond acceptors (Lipinski definition) is 9. The van der Waals surface area contributed by atoms with Crippen LogP contribution in [-0.4, -0.2) is 136 Å². The lowest BCUT2D eigenvalue weighted by Crippen LogP contribution is -2.56. The van der Waals surface area contributed by atoms with Crippen molar-refractivity contribution in [2.24, 2.45) is 0 Å². The Kier molecular flexibility index (Phi) is 11.0. The number of amides is 5. The number of carbonyl (C=O) groups is 6. The molecule has 0 unspecified atom stereocenters. The van der Waals surface area contributed by atoms with Crippen LogP contribution in [-0.2, 0) is 23.9 Å². The molecule has 3 saturated heterocycles. The molecule has 258 valence electrons. The summed E-state index contributed by atoms with van der Waals surface area (Å²) in [6.45, 7) is 5.94. The van der Waals surface area contributed by atoms with Crippen molar-refractivity contribution in [3.8, 4) is 5.75 Å². The SMILES string of the molecule is CCOC(=O)N1CCN(C(=O)[C@H](CC(=O)O)NC(=O)c2cc(OCC(=O)N3CCC[C@H]3C(=O)N3CCCC3)c3ccc(C)cc3n2)CC1. The van der Waals surface area contributed by atoms with Gasteiger partial charge in [0.2, 0.25) is 11.8 Å². The molecular formula is C33H42N6O9. The predicted octanol–water partition coefficient (Wildman–Crippen LogP) is 1.41. The number of ether oxygens (including phenoxy) is 2. The van der Waals surface area contributed by atoms with E-state index in [1.165, 1.54) is 15.9 Å². The molecule has 1 aromatic heterocycles. The van der Waals surface area contributed by atoms with Gasteiger partial charge in [0.1, 0.15) is 23.5 Å². The van der Waals surface area contributed by atoms with Crippen molar-refractivity contribution in [3.63, 3.8) is 0 Å². The molecule has 3 aliphatic heterocycles. The quantitative estimate of drug-likeness (QED) is 0.377. The molecule has 0 spiro atoms. The van der Waals surface area contributed by atoms with E-state index in [0.717, 1.165) is 24.8 Å². The first-order chi connectivity index (χ1) is 23.0. The highest BCUT2D eigenvalue weighted by Crippen LogP contribution is 2.28. The Hall–Kier alpha value is -4.95.